The van der Waals surface area contributed by atoms with E-state index >= 15 is 0 Å². The Morgan fingerprint density at radius 1 is 1.09 bits per heavy atom. The highest BCUT2D eigenvalue weighted by Gasteiger charge is 2.38. The minimum Gasteiger partial charge on any atom is -0.477 e. The summed E-state index contributed by atoms with van der Waals surface area (Å²) in [6.45, 7) is 0. The fourth-order valence-electron chi connectivity index (χ4n) is 3.47. The van der Waals surface area contributed by atoms with E-state index < -0.39 is 27.8 Å². The maximum Gasteiger partial charge on any atom is 0.346 e. The molecule has 1 N–H and O–H groups in total. The lowest BCUT2D eigenvalue weighted by Crippen LogP contribution is -2.43. The molecule has 0 radical (unpaired) electrons. The number of halogens is 3. The average Bonchev–Trinajstić information content (AvgIpc) is 3.18. The van der Waals surface area contributed by atoms with Gasteiger partial charge in [-0.05, 0) is 47.3 Å². The van der Waals surface area contributed by atoms with Crippen LogP contribution in [0.15, 0.2) is 46.7 Å². The molecule has 0 aliphatic carbocycles. The maximum atomic E-state index is 13.3. The Balaban J connectivity index is 1.79. The number of aromatic carboxylic acids is 1. The Labute approximate surface area is 212 Å². The van der Waals surface area contributed by atoms with Crippen molar-refractivity contribution in [2.75, 3.05) is 16.3 Å². The number of carbonyl (C=O) groups excluding carboxylic acids is 2. The van der Waals surface area contributed by atoms with Gasteiger partial charge in [-0.1, -0.05) is 34.8 Å². The zero-order chi connectivity index (χ0) is 24.9. The van der Waals surface area contributed by atoms with Crippen LogP contribution in [0.25, 0.3) is 0 Å². The number of rotatable bonds is 5. The molecule has 0 atom stereocenters. The Kier molecular flexibility index (Phi) is 6.38. The lowest BCUT2D eigenvalue weighted by atomic mass is 10.0. The molecule has 0 fully saturated rings. The van der Waals surface area contributed by atoms with Gasteiger partial charge in [0.05, 0.1) is 38.3 Å². The van der Waals surface area contributed by atoms with Crippen LogP contribution < -0.4 is 9.21 Å². The number of benzene rings is 2. The van der Waals surface area contributed by atoms with Crippen molar-refractivity contribution < 1.29 is 27.9 Å². The summed E-state index contributed by atoms with van der Waals surface area (Å²) in [6.07, 6.45) is -0.238. The van der Waals surface area contributed by atoms with Crippen molar-refractivity contribution in [1.29, 1.82) is 0 Å². The van der Waals surface area contributed by atoms with Crippen LogP contribution in [0.1, 0.15) is 25.6 Å². The number of fused-ring (bicyclic) bond motifs is 1. The molecule has 8 nitrogen and oxygen atoms in total. The number of anilines is 2. The summed E-state index contributed by atoms with van der Waals surface area (Å²) in [5.41, 5.74) is 0.153. The van der Waals surface area contributed by atoms with E-state index in [0.717, 1.165) is 21.7 Å². The molecule has 2 heterocycles. The van der Waals surface area contributed by atoms with Gasteiger partial charge in [0.15, 0.2) is 0 Å². The fraction of sp³-hybridized carbons (Fsp3) is 0.0952. The van der Waals surface area contributed by atoms with E-state index in [9.17, 15) is 27.9 Å². The minimum absolute atomic E-state index is 0.0663. The van der Waals surface area contributed by atoms with E-state index in [1.165, 1.54) is 42.8 Å². The highest BCUT2D eigenvalue weighted by atomic mass is 35.5. The van der Waals surface area contributed by atoms with Crippen molar-refractivity contribution in [2.24, 2.45) is 0 Å². The number of carbonyl (C=O) groups is 3. The molecule has 0 spiro atoms. The first-order valence-corrected chi connectivity index (χ1v) is 12.8. The van der Waals surface area contributed by atoms with E-state index in [0.29, 0.717) is 15.5 Å². The molecule has 2 amide bonds. The van der Waals surface area contributed by atoms with Gasteiger partial charge in [-0.3, -0.25) is 13.9 Å². The molecule has 0 unspecified atom stereocenters. The molecule has 1 aromatic heterocycles. The normalized spacial score (nSPS) is 13.7. The lowest BCUT2D eigenvalue weighted by molar-refractivity contribution is -0.117. The number of hydrogen-bond donors (Lipinski definition) is 1. The average molecular weight is 560 g/mol. The molecular weight excluding hydrogens is 547 g/mol. The first kappa shape index (κ1) is 24.5. The number of sulfonamides is 1. The number of carboxylic acids is 1. The van der Waals surface area contributed by atoms with Gasteiger partial charge in [0, 0.05) is 12.1 Å². The second kappa shape index (κ2) is 8.86. The standard InChI is InChI=1S/C21H13Cl3N2O6S2/c1-25(15-5-2-11(22)7-14(15)24)34(31,32)12-3-4-13(23)16(8-12)26-17(27)6-10-9-33-19(21(29)30)18(10)20(26)28/h2-5,7-9H,6H2,1H3,(H,29,30). The third-order valence-electron chi connectivity index (χ3n) is 5.14. The number of imide groups is 1. The van der Waals surface area contributed by atoms with Crippen LogP contribution in [0.4, 0.5) is 11.4 Å². The van der Waals surface area contributed by atoms with E-state index in [2.05, 4.69) is 0 Å². The smallest absolute Gasteiger partial charge is 0.346 e. The third-order valence-corrected chi connectivity index (χ3v) is 8.78. The second-order valence-corrected chi connectivity index (χ2v) is 11.3. The summed E-state index contributed by atoms with van der Waals surface area (Å²) >= 11 is 19.1. The third kappa shape index (κ3) is 4.05. The van der Waals surface area contributed by atoms with Gasteiger partial charge in [0.25, 0.3) is 15.9 Å². The van der Waals surface area contributed by atoms with E-state index in [4.69, 9.17) is 34.8 Å². The van der Waals surface area contributed by atoms with Crippen molar-refractivity contribution in [3.05, 3.63) is 72.9 Å². The highest BCUT2D eigenvalue weighted by Crippen LogP contribution is 2.37. The Bertz CT molecular complexity index is 1490. The van der Waals surface area contributed by atoms with Gasteiger partial charge in [-0.25, -0.2) is 18.1 Å². The largest absolute Gasteiger partial charge is 0.477 e. The molecule has 3 aromatic rings. The van der Waals surface area contributed by atoms with E-state index in [-0.39, 0.29) is 43.2 Å². The second-order valence-electron chi connectivity index (χ2n) is 7.16. The monoisotopic (exact) mass is 558 g/mol. The Hall–Kier alpha value is -2.63. The summed E-state index contributed by atoms with van der Waals surface area (Å²) in [5, 5.41) is 11.2. The summed E-state index contributed by atoms with van der Waals surface area (Å²) in [4.78, 5) is 37.7. The van der Waals surface area contributed by atoms with Crippen molar-refractivity contribution in [2.45, 2.75) is 11.3 Å². The van der Waals surface area contributed by atoms with Gasteiger partial charge >= 0.3 is 5.97 Å². The van der Waals surface area contributed by atoms with Gasteiger partial charge < -0.3 is 5.11 Å². The number of amides is 2. The summed E-state index contributed by atoms with van der Waals surface area (Å²) in [7, 11) is -2.92. The van der Waals surface area contributed by atoms with Crippen LogP contribution >= 0.6 is 46.1 Å². The summed E-state index contributed by atoms with van der Waals surface area (Å²) < 4.78 is 27.5. The SMILES string of the molecule is CN(c1ccc(Cl)cc1Cl)S(=O)(=O)c1ccc(Cl)c(N2C(=O)Cc3csc(C(=O)O)c3C2=O)c1. The van der Waals surface area contributed by atoms with Gasteiger partial charge in [0.2, 0.25) is 5.91 Å². The van der Waals surface area contributed by atoms with Crippen LogP contribution in [0.3, 0.4) is 0 Å². The molecule has 4 rings (SSSR count). The molecule has 0 saturated heterocycles. The topological polar surface area (TPSA) is 112 Å². The summed E-state index contributed by atoms with van der Waals surface area (Å²) in [6, 6.07) is 7.85. The first-order chi connectivity index (χ1) is 15.9. The maximum absolute atomic E-state index is 13.3. The molecule has 34 heavy (non-hydrogen) atoms. The van der Waals surface area contributed by atoms with Gasteiger partial charge in [0.1, 0.15) is 4.88 Å². The summed E-state index contributed by atoms with van der Waals surface area (Å²) in [5.74, 6) is -2.87. The van der Waals surface area contributed by atoms with Crippen molar-refractivity contribution in [3.63, 3.8) is 0 Å². The van der Waals surface area contributed by atoms with Crippen LogP contribution in [0.5, 0.6) is 0 Å². The van der Waals surface area contributed by atoms with E-state index in [1.807, 2.05) is 0 Å². The van der Waals surface area contributed by atoms with Crippen LogP contribution in [-0.2, 0) is 21.2 Å². The molecule has 176 valence electrons. The zero-order valence-electron chi connectivity index (χ0n) is 17.1. The number of carboxylic acid groups (broad SMARTS) is 1. The van der Waals surface area contributed by atoms with Gasteiger partial charge in [-0.2, -0.15) is 0 Å². The molecule has 1 aliphatic rings. The van der Waals surface area contributed by atoms with Crippen molar-refractivity contribution in [1.82, 2.24) is 0 Å². The minimum atomic E-state index is -4.21. The zero-order valence-corrected chi connectivity index (χ0v) is 21.0. The quantitative estimate of drug-likeness (QED) is 0.442. The molecular formula is C21H13Cl3N2O6S2. The van der Waals surface area contributed by atoms with E-state index in [1.54, 1.807) is 0 Å². The molecule has 0 bridgehead atoms. The van der Waals surface area contributed by atoms with Crippen molar-refractivity contribution >= 4 is 85.3 Å². The molecule has 13 heteroatoms. The van der Waals surface area contributed by atoms with Crippen LogP contribution in [0, 0.1) is 0 Å². The van der Waals surface area contributed by atoms with Crippen LogP contribution in [0.2, 0.25) is 15.1 Å². The number of hydrogen-bond acceptors (Lipinski definition) is 6. The lowest BCUT2D eigenvalue weighted by Gasteiger charge is -2.27. The predicted octanol–water partition coefficient (Wildman–Crippen LogP) is 4.96. The highest BCUT2D eigenvalue weighted by molar-refractivity contribution is 7.92. The van der Waals surface area contributed by atoms with Crippen LogP contribution in [-0.4, -0.2) is 38.4 Å². The van der Waals surface area contributed by atoms with Gasteiger partial charge in [-0.15, -0.1) is 11.3 Å². The predicted molar refractivity (Wildman–Crippen MR) is 130 cm³/mol. The van der Waals surface area contributed by atoms with Crippen molar-refractivity contribution in [3.8, 4) is 0 Å². The molecule has 2 aromatic carbocycles. The Morgan fingerprint density at radius 2 is 1.79 bits per heavy atom. The first-order valence-electron chi connectivity index (χ1n) is 9.38. The fourth-order valence-corrected chi connectivity index (χ4v) is 6.40. The molecule has 1 aliphatic heterocycles. The number of thiophene rings is 1. The number of nitrogens with zero attached hydrogens (tertiary/aromatic N) is 2. The molecule has 0 saturated carbocycles. The Morgan fingerprint density at radius 3 is 2.44 bits per heavy atom.